The van der Waals surface area contributed by atoms with Crippen molar-refractivity contribution in [2.45, 2.75) is 39.2 Å². The molecule has 2 aromatic rings. The number of hydrogen-bond donors (Lipinski definition) is 2. The molecule has 28 heavy (non-hydrogen) atoms. The van der Waals surface area contributed by atoms with Crippen LogP contribution >= 0.6 is 0 Å². The molecule has 1 fully saturated rings. The molecule has 6 nitrogen and oxygen atoms in total. The molecule has 146 valence electrons. The van der Waals surface area contributed by atoms with Crippen molar-refractivity contribution in [1.29, 1.82) is 0 Å². The van der Waals surface area contributed by atoms with Crippen molar-refractivity contribution in [2.75, 3.05) is 11.9 Å². The molecule has 1 saturated heterocycles. The van der Waals surface area contributed by atoms with Crippen LogP contribution in [0.4, 0.5) is 10.5 Å². The number of hydrogen-bond acceptors (Lipinski definition) is 3. The van der Waals surface area contributed by atoms with E-state index in [1.54, 1.807) is 0 Å². The normalized spacial score (nSPS) is 18.9. The monoisotopic (exact) mass is 379 g/mol. The summed E-state index contributed by atoms with van der Waals surface area (Å²) >= 11 is 0. The van der Waals surface area contributed by atoms with E-state index >= 15 is 0 Å². The first-order valence-electron chi connectivity index (χ1n) is 9.51. The van der Waals surface area contributed by atoms with Gasteiger partial charge in [0.25, 0.3) is 5.91 Å². The average Bonchev–Trinajstić information content (AvgIpc) is 2.95. The maximum Gasteiger partial charge on any atom is 0.325 e. The maximum absolute atomic E-state index is 13.1. The number of para-hydroxylation sites is 1. The van der Waals surface area contributed by atoms with Gasteiger partial charge in [0.1, 0.15) is 12.1 Å². The molecule has 1 aliphatic rings. The molecule has 0 spiro atoms. The molecule has 0 aliphatic carbocycles. The molecule has 4 amide bonds. The zero-order chi connectivity index (χ0) is 20.3. The third kappa shape index (κ3) is 3.38. The Bertz CT molecular complexity index is 910. The summed E-state index contributed by atoms with van der Waals surface area (Å²) in [4.78, 5) is 39.3. The van der Waals surface area contributed by atoms with Crippen LogP contribution in [0.5, 0.6) is 0 Å². The first-order valence-corrected chi connectivity index (χ1v) is 9.51. The molecular weight excluding hydrogens is 354 g/mol. The fraction of sp³-hybridized carbons (Fsp3) is 0.318. The van der Waals surface area contributed by atoms with E-state index in [9.17, 15) is 14.4 Å². The number of urea groups is 1. The summed E-state index contributed by atoms with van der Waals surface area (Å²) < 4.78 is 0. The Kier molecular flexibility index (Phi) is 5.49. The summed E-state index contributed by atoms with van der Waals surface area (Å²) in [5.74, 6) is -0.797. The van der Waals surface area contributed by atoms with Crippen LogP contribution in [-0.4, -0.2) is 29.3 Å². The minimum atomic E-state index is -1.13. The first kappa shape index (κ1) is 19.6. The van der Waals surface area contributed by atoms with Gasteiger partial charge in [-0.05, 0) is 36.5 Å². The smallest absolute Gasteiger partial charge is 0.324 e. The second-order valence-electron chi connectivity index (χ2n) is 6.96. The number of nitrogens with zero attached hydrogens (tertiary/aromatic N) is 1. The van der Waals surface area contributed by atoms with Gasteiger partial charge in [0.2, 0.25) is 5.91 Å². The maximum atomic E-state index is 13.1. The molecule has 3 rings (SSSR count). The fourth-order valence-corrected chi connectivity index (χ4v) is 3.66. The number of benzene rings is 2. The Morgan fingerprint density at radius 2 is 1.79 bits per heavy atom. The minimum Gasteiger partial charge on any atom is -0.324 e. The van der Waals surface area contributed by atoms with Gasteiger partial charge in [-0.15, -0.1) is 0 Å². The molecule has 2 N–H and O–H groups in total. The van der Waals surface area contributed by atoms with Crippen LogP contribution in [0.2, 0.25) is 0 Å². The van der Waals surface area contributed by atoms with Crippen molar-refractivity contribution in [2.24, 2.45) is 0 Å². The van der Waals surface area contributed by atoms with Crippen LogP contribution in [0.25, 0.3) is 0 Å². The van der Waals surface area contributed by atoms with Crippen LogP contribution in [0.3, 0.4) is 0 Å². The Labute approximate surface area is 164 Å². The molecule has 1 heterocycles. The molecule has 2 aromatic carbocycles. The number of aryl methyl sites for hydroxylation is 2. The lowest BCUT2D eigenvalue weighted by Gasteiger charge is -2.25. The molecule has 0 radical (unpaired) electrons. The predicted molar refractivity (Wildman–Crippen MR) is 108 cm³/mol. The lowest BCUT2D eigenvalue weighted by Crippen LogP contribution is -2.44. The van der Waals surface area contributed by atoms with E-state index in [1.807, 2.05) is 69.3 Å². The van der Waals surface area contributed by atoms with Gasteiger partial charge in [-0.3, -0.25) is 14.5 Å². The van der Waals surface area contributed by atoms with Gasteiger partial charge in [0, 0.05) is 5.69 Å². The van der Waals surface area contributed by atoms with Gasteiger partial charge in [0.15, 0.2) is 0 Å². The zero-order valence-corrected chi connectivity index (χ0v) is 16.4. The molecule has 0 unspecified atom stereocenters. The molecule has 6 heteroatoms. The second kappa shape index (κ2) is 7.84. The highest BCUT2D eigenvalue weighted by molar-refractivity contribution is 6.10. The van der Waals surface area contributed by atoms with E-state index in [-0.39, 0.29) is 6.54 Å². The Balaban J connectivity index is 1.81. The molecule has 0 bridgehead atoms. The Hall–Kier alpha value is -3.15. The molecular formula is C22H25N3O3. The standard InChI is InChI=1S/C22H25N3O3/c1-4-16-11-9-10-15(3)19(16)23-18(26)14-25-20(27)22(5-2,24-21(25)28)17-12-7-6-8-13-17/h6-13H,4-5,14H2,1-3H3,(H,23,26)(H,24,28)/t22-/m0/s1. The summed E-state index contributed by atoms with van der Waals surface area (Å²) in [7, 11) is 0. The lowest BCUT2D eigenvalue weighted by molar-refractivity contribution is -0.134. The molecule has 1 aliphatic heterocycles. The zero-order valence-electron chi connectivity index (χ0n) is 16.4. The fourth-order valence-electron chi connectivity index (χ4n) is 3.66. The van der Waals surface area contributed by atoms with E-state index in [4.69, 9.17) is 0 Å². The van der Waals surface area contributed by atoms with Crippen molar-refractivity contribution < 1.29 is 14.4 Å². The molecule has 0 saturated carbocycles. The van der Waals surface area contributed by atoms with Gasteiger partial charge in [-0.1, -0.05) is 62.4 Å². The number of carbonyl (C=O) groups is 3. The number of carbonyl (C=O) groups excluding carboxylic acids is 3. The number of nitrogens with one attached hydrogen (secondary N) is 2. The third-order valence-corrected chi connectivity index (χ3v) is 5.28. The third-order valence-electron chi connectivity index (χ3n) is 5.28. The number of imide groups is 1. The van der Waals surface area contributed by atoms with Gasteiger partial charge in [-0.25, -0.2) is 4.79 Å². The topological polar surface area (TPSA) is 78.5 Å². The van der Waals surface area contributed by atoms with E-state index in [2.05, 4.69) is 10.6 Å². The van der Waals surface area contributed by atoms with Crippen molar-refractivity contribution in [1.82, 2.24) is 10.2 Å². The van der Waals surface area contributed by atoms with E-state index in [0.717, 1.165) is 28.1 Å². The summed E-state index contributed by atoms with van der Waals surface area (Å²) in [6, 6.07) is 14.4. The molecule has 0 aromatic heterocycles. The summed E-state index contributed by atoms with van der Waals surface area (Å²) in [6.07, 6.45) is 1.17. The highest BCUT2D eigenvalue weighted by Gasteiger charge is 2.51. The van der Waals surface area contributed by atoms with Gasteiger partial charge in [-0.2, -0.15) is 0 Å². The summed E-state index contributed by atoms with van der Waals surface area (Å²) in [5.41, 5.74) is 2.28. The highest BCUT2D eigenvalue weighted by atomic mass is 16.2. The Morgan fingerprint density at radius 1 is 1.07 bits per heavy atom. The molecule has 1 atom stereocenters. The number of amides is 4. The van der Waals surface area contributed by atoms with Gasteiger partial charge in [0.05, 0.1) is 0 Å². The minimum absolute atomic E-state index is 0.323. The van der Waals surface area contributed by atoms with E-state index in [0.29, 0.717) is 12.0 Å². The van der Waals surface area contributed by atoms with Crippen LogP contribution in [0.15, 0.2) is 48.5 Å². The van der Waals surface area contributed by atoms with Crippen LogP contribution in [-0.2, 0) is 21.5 Å². The van der Waals surface area contributed by atoms with Crippen molar-refractivity contribution in [3.05, 3.63) is 65.2 Å². The number of rotatable bonds is 6. The van der Waals surface area contributed by atoms with Crippen molar-refractivity contribution >= 4 is 23.5 Å². The van der Waals surface area contributed by atoms with E-state index < -0.39 is 23.4 Å². The van der Waals surface area contributed by atoms with Crippen LogP contribution in [0.1, 0.15) is 37.0 Å². The van der Waals surface area contributed by atoms with Crippen molar-refractivity contribution in [3.63, 3.8) is 0 Å². The van der Waals surface area contributed by atoms with Crippen LogP contribution < -0.4 is 10.6 Å². The SMILES string of the molecule is CCc1cccc(C)c1NC(=O)CN1C(=O)N[C@@](CC)(c2ccccc2)C1=O. The summed E-state index contributed by atoms with van der Waals surface area (Å²) in [6.45, 7) is 5.45. The predicted octanol–water partition coefficient (Wildman–Crippen LogP) is 3.35. The number of anilines is 1. The largest absolute Gasteiger partial charge is 0.325 e. The van der Waals surface area contributed by atoms with Gasteiger partial charge >= 0.3 is 6.03 Å². The highest BCUT2D eigenvalue weighted by Crippen LogP contribution is 2.32. The lowest BCUT2D eigenvalue weighted by atomic mass is 9.87. The van der Waals surface area contributed by atoms with Crippen molar-refractivity contribution in [3.8, 4) is 0 Å². The quantitative estimate of drug-likeness (QED) is 0.756. The summed E-state index contributed by atoms with van der Waals surface area (Å²) in [5, 5.41) is 5.66. The van der Waals surface area contributed by atoms with E-state index in [1.165, 1.54) is 0 Å². The second-order valence-corrected chi connectivity index (χ2v) is 6.96. The first-order chi connectivity index (χ1) is 13.4. The van der Waals surface area contributed by atoms with Crippen LogP contribution in [0, 0.1) is 6.92 Å². The van der Waals surface area contributed by atoms with Gasteiger partial charge < -0.3 is 10.6 Å². The average molecular weight is 379 g/mol. The Morgan fingerprint density at radius 3 is 2.43 bits per heavy atom.